The average Bonchev–Trinajstić information content (AvgIpc) is 2.17. The van der Waals surface area contributed by atoms with Gasteiger partial charge in [0.15, 0.2) is 0 Å². The fourth-order valence-corrected chi connectivity index (χ4v) is 1.48. The molecule has 0 aliphatic carbocycles. The van der Waals surface area contributed by atoms with Gasteiger partial charge in [-0.05, 0) is 6.42 Å². The number of hydrogen-bond donors (Lipinski definition) is 1. The predicted octanol–water partition coefficient (Wildman–Crippen LogP) is 1.14. The van der Waals surface area contributed by atoms with Crippen LogP contribution in [0.4, 0.5) is 0 Å². The van der Waals surface area contributed by atoms with Gasteiger partial charge in [-0.25, -0.2) is 0 Å². The van der Waals surface area contributed by atoms with Crippen molar-refractivity contribution in [2.75, 3.05) is 6.54 Å². The zero-order chi connectivity index (χ0) is 8.39. The van der Waals surface area contributed by atoms with Gasteiger partial charge in [0.05, 0.1) is 0 Å². The third-order valence-corrected chi connectivity index (χ3v) is 2.20. The van der Waals surface area contributed by atoms with E-state index in [1.807, 2.05) is 18.2 Å². The maximum absolute atomic E-state index is 5.64. The second kappa shape index (κ2) is 5.09. The molecule has 1 heterocycles. The minimum atomic E-state index is 0. The van der Waals surface area contributed by atoms with Crippen molar-refractivity contribution >= 4 is 0 Å². The molecule has 1 atom stereocenters. The Morgan fingerprint density at radius 2 is 2.46 bits per heavy atom. The molecule has 0 saturated heterocycles. The van der Waals surface area contributed by atoms with Crippen LogP contribution in [0.25, 0.3) is 0 Å². The molecule has 0 spiro atoms. The first-order chi connectivity index (χ1) is 5.90. The van der Waals surface area contributed by atoms with Gasteiger partial charge in [0.1, 0.15) is 6.10 Å². The summed E-state index contributed by atoms with van der Waals surface area (Å²) < 4.78 is 5.64. The molecule has 1 unspecified atom stereocenters. The molecule has 0 fully saturated rings. The van der Waals surface area contributed by atoms with Crippen LogP contribution in [-0.4, -0.2) is 12.6 Å². The van der Waals surface area contributed by atoms with Gasteiger partial charge in [-0.2, -0.15) is 18.2 Å². The first-order valence-corrected chi connectivity index (χ1v) is 4.26. The van der Waals surface area contributed by atoms with Gasteiger partial charge in [-0.1, -0.05) is 6.42 Å². The summed E-state index contributed by atoms with van der Waals surface area (Å²) in [6.45, 7) is 0.609. The second-order valence-corrected chi connectivity index (χ2v) is 3.05. The molecule has 0 aromatic heterocycles. The molecule has 1 aliphatic heterocycles. The van der Waals surface area contributed by atoms with Crippen LogP contribution >= 0.6 is 0 Å². The Morgan fingerprint density at radius 3 is 3.23 bits per heavy atom. The second-order valence-electron chi connectivity index (χ2n) is 3.05. The molecule has 0 amide bonds. The quantitative estimate of drug-likeness (QED) is 0.759. The Morgan fingerprint density at radius 1 is 1.62 bits per heavy atom. The van der Waals surface area contributed by atoms with E-state index >= 15 is 0 Å². The van der Waals surface area contributed by atoms with Crippen molar-refractivity contribution in [1.29, 1.82) is 0 Å². The van der Waals surface area contributed by atoms with E-state index < -0.39 is 0 Å². The van der Waals surface area contributed by atoms with Crippen molar-refractivity contribution < 1.29 is 37.4 Å². The van der Waals surface area contributed by atoms with Crippen molar-refractivity contribution in [3.05, 3.63) is 29.8 Å². The first-order valence-electron chi connectivity index (χ1n) is 4.26. The molecule has 2 rings (SSSR count). The average molecular weight is 251 g/mol. The van der Waals surface area contributed by atoms with Crippen LogP contribution < -0.4 is 10.5 Å². The molecular formula is C10H12NOY+2. The standard InChI is InChI=1S/C10H12NO.Y/c11-7-9-6-5-8-3-1-2-4-10(8)12-9;/h2-4,9H,5-7,11H2;/q-1;+3. The molecule has 3 heteroatoms. The number of rotatable bonds is 1. The number of benzene rings is 1. The van der Waals surface area contributed by atoms with Gasteiger partial charge in [0.25, 0.3) is 0 Å². The molecule has 1 aliphatic rings. The Hall–Kier alpha value is 0.0839. The summed E-state index contributed by atoms with van der Waals surface area (Å²) in [6, 6.07) is 8.86. The molecule has 1 aromatic rings. The summed E-state index contributed by atoms with van der Waals surface area (Å²) in [6.07, 6.45) is 2.30. The monoisotopic (exact) mass is 251 g/mol. The summed E-state index contributed by atoms with van der Waals surface area (Å²) in [5.41, 5.74) is 6.78. The SMILES string of the molecule is NCC1CCc2c[c-]ccc2O1.[Y+3]. The van der Waals surface area contributed by atoms with Crippen LogP contribution in [0.15, 0.2) is 18.2 Å². The molecule has 2 N–H and O–H groups in total. The Labute approximate surface area is 104 Å². The minimum absolute atomic E-state index is 0. The molecule has 13 heavy (non-hydrogen) atoms. The number of aryl methyl sites for hydroxylation is 1. The van der Waals surface area contributed by atoms with E-state index in [2.05, 4.69) is 6.07 Å². The fourth-order valence-electron chi connectivity index (χ4n) is 1.48. The fraction of sp³-hybridized carbons (Fsp3) is 0.400. The Bertz CT molecular complexity index is 277. The van der Waals surface area contributed by atoms with Gasteiger partial charge in [-0.15, -0.1) is 11.6 Å². The van der Waals surface area contributed by atoms with Crippen molar-refractivity contribution in [3.8, 4) is 5.75 Å². The van der Waals surface area contributed by atoms with E-state index in [0.29, 0.717) is 6.54 Å². The summed E-state index contributed by atoms with van der Waals surface area (Å²) in [4.78, 5) is 0. The van der Waals surface area contributed by atoms with Gasteiger partial charge >= 0.3 is 32.7 Å². The van der Waals surface area contributed by atoms with Crippen molar-refractivity contribution in [2.24, 2.45) is 5.73 Å². The molecule has 1 aromatic carbocycles. The topological polar surface area (TPSA) is 35.2 Å². The van der Waals surface area contributed by atoms with E-state index in [9.17, 15) is 0 Å². The molecule has 64 valence electrons. The molecule has 0 saturated carbocycles. The Kier molecular flexibility index (Phi) is 4.37. The third kappa shape index (κ3) is 2.52. The molecule has 2 nitrogen and oxygen atoms in total. The summed E-state index contributed by atoms with van der Waals surface area (Å²) in [5, 5.41) is 0. The molecule has 0 bridgehead atoms. The largest absolute Gasteiger partial charge is 3.00 e. The zero-order valence-electron chi connectivity index (χ0n) is 7.49. The third-order valence-electron chi connectivity index (χ3n) is 2.20. The first kappa shape index (κ1) is 11.2. The summed E-state index contributed by atoms with van der Waals surface area (Å²) in [7, 11) is 0. The minimum Gasteiger partial charge on any atom is -0.514 e. The van der Waals surface area contributed by atoms with Crippen molar-refractivity contribution in [2.45, 2.75) is 18.9 Å². The van der Waals surface area contributed by atoms with E-state index in [1.54, 1.807) is 0 Å². The van der Waals surface area contributed by atoms with E-state index in [-0.39, 0.29) is 38.8 Å². The van der Waals surface area contributed by atoms with Crippen LogP contribution in [0.2, 0.25) is 0 Å². The summed E-state index contributed by atoms with van der Waals surface area (Å²) in [5.74, 6) is 0.982. The van der Waals surface area contributed by atoms with E-state index in [1.165, 1.54) is 5.56 Å². The number of fused-ring (bicyclic) bond motifs is 1. The number of ether oxygens (including phenoxy) is 1. The van der Waals surface area contributed by atoms with Crippen LogP contribution in [0.5, 0.6) is 5.75 Å². The maximum Gasteiger partial charge on any atom is 3.00 e. The molecule has 0 radical (unpaired) electrons. The van der Waals surface area contributed by atoms with Crippen LogP contribution in [0.3, 0.4) is 0 Å². The number of nitrogens with two attached hydrogens (primary N) is 1. The normalized spacial score (nSPS) is 19.6. The Balaban J connectivity index is 0.000000845. The van der Waals surface area contributed by atoms with Crippen LogP contribution in [-0.2, 0) is 39.1 Å². The smallest absolute Gasteiger partial charge is 0.514 e. The van der Waals surface area contributed by atoms with Crippen molar-refractivity contribution in [1.82, 2.24) is 0 Å². The van der Waals surface area contributed by atoms with Gasteiger partial charge in [0, 0.05) is 12.3 Å². The van der Waals surface area contributed by atoms with E-state index in [4.69, 9.17) is 10.5 Å². The zero-order valence-corrected chi connectivity index (χ0v) is 10.3. The van der Waals surface area contributed by atoms with Gasteiger partial charge in [-0.3, -0.25) is 0 Å². The van der Waals surface area contributed by atoms with Crippen LogP contribution in [0.1, 0.15) is 12.0 Å². The maximum atomic E-state index is 5.64. The summed E-state index contributed by atoms with van der Waals surface area (Å²) >= 11 is 0. The van der Waals surface area contributed by atoms with E-state index in [0.717, 1.165) is 18.6 Å². The van der Waals surface area contributed by atoms with Gasteiger partial charge < -0.3 is 10.5 Å². The van der Waals surface area contributed by atoms with Crippen molar-refractivity contribution in [3.63, 3.8) is 0 Å². The van der Waals surface area contributed by atoms with Gasteiger partial charge in [0.2, 0.25) is 0 Å². The number of hydrogen-bond acceptors (Lipinski definition) is 2. The predicted molar refractivity (Wildman–Crippen MR) is 47.1 cm³/mol. The van der Waals surface area contributed by atoms with Crippen LogP contribution in [0, 0.1) is 6.07 Å². The molecular weight excluding hydrogens is 239 g/mol.